The fraction of sp³-hybridized carbons (Fsp3) is 0.538. The summed E-state index contributed by atoms with van der Waals surface area (Å²) in [6, 6.07) is 0.949. The first kappa shape index (κ1) is 15.2. The van der Waals surface area contributed by atoms with Crippen LogP contribution in [0.4, 0.5) is 0 Å². The topological polar surface area (TPSA) is 91.6 Å². The molecule has 19 heavy (non-hydrogen) atoms. The molecule has 0 bridgehead atoms. The first-order valence-corrected chi connectivity index (χ1v) is 6.06. The Morgan fingerprint density at radius 1 is 1.42 bits per heavy atom. The number of nitrogens with one attached hydrogen (secondary N) is 2. The molecule has 1 aromatic heterocycles. The summed E-state index contributed by atoms with van der Waals surface area (Å²) in [6.45, 7) is 7.59. The number of aromatic carboxylic acids is 1. The lowest BCUT2D eigenvalue weighted by Crippen LogP contribution is -2.49. The predicted octanol–water partition coefficient (Wildman–Crippen LogP) is 1.37. The molecule has 1 rings (SSSR count). The van der Waals surface area contributed by atoms with E-state index >= 15 is 0 Å². The number of carboxylic acids is 1. The van der Waals surface area contributed by atoms with Crippen LogP contribution in [0.15, 0.2) is 16.7 Å². The van der Waals surface area contributed by atoms with Gasteiger partial charge in [0.05, 0.1) is 18.8 Å². The molecular weight excluding hydrogens is 248 g/mol. The van der Waals surface area contributed by atoms with Crippen molar-refractivity contribution >= 4 is 11.9 Å². The van der Waals surface area contributed by atoms with Crippen LogP contribution in [-0.2, 0) is 11.3 Å². The van der Waals surface area contributed by atoms with Crippen molar-refractivity contribution in [1.29, 1.82) is 0 Å². The molecule has 0 radical (unpaired) electrons. The summed E-state index contributed by atoms with van der Waals surface area (Å²) in [5.74, 6) is -0.879. The highest BCUT2D eigenvalue weighted by Crippen LogP contribution is 2.10. The number of carboxylic acid groups (broad SMARTS) is 1. The van der Waals surface area contributed by atoms with Crippen molar-refractivity contribution in [1.82, 2.24) is 10.6 Å². The van der Waals surface area contributed by atoms with Crippen LogP contribution in [-0.4, -0.2) is 28.6 Å². The Hall–Kier alpha value is -1.82. The van der Waals surface area contributed by atoms with E-state index < -0.39 is 12.0 Å². The normalized spacial score (nSPS) is 13.1. The summed E-state index contributed by atoms with van der Waals surface area (Å²) in [6.07, 6.45) is 1.32. The Labute approximate surface area is 112 Å². The van der Waals surface area contributed by atoms with E-state index in [0.717, 1.165) is 0 Å². The van der Waals surface area contributed by atoms with Gasteiger partial charge < -0.3 is 14.8 Å². The van der Waals surface area contributed by atoms with Crippen LogP contribution < -0.4 is 10.6 Å². The Balaban J connectivity index is 2.54. The number of carbonyl (C=O) groups excluding carboxylic acids is 1. The van der Waals surface area contributed by atoms with Gasteiger partial charge in [-0.3, -0.25) is 10.1 Å². The number of carbonyl (C=O) groups is 2. The van der Waals surface area contributed by atoms with Gasteiger partial charge in [-0.25, -0.2) is 4.79 Å². The molecule has 0 aliphatic heterocycles. The highest BCUT2D eigenvalue weighted by Gasteiger charge is 2.20. The van der Waals surface area contributed by atoms with Crippen LogP contribution >= 0.6 is 0 Å². The zero-order chi connectivity index (χ0) is 14.6. The van der Waals surface area contributed by atoms with Gasteiger partial charge in [0.25, 0.3) is 0 Å². The van der Waals surface area contributed by atoms with Gasteiger partial charge in [0, 0.05) is 5.54 Å². The third kappa shape index (κ3) is 4.75. The quantitative estimate of drug-likeness (QED) is 0.750. The molecule has 1 aromatic rings. The molecule has 0 aliphatic rings. The SMILES string of the molecule is CC(NCc1occc1C(=O)O)C(=O)NC(C)(C)C. The van der Waals surface area contributed by atoms with E-state index in [9.17, 15) is 9.59 Å². The minimum atomic E-state index is -1.04. The second kappa shape index (κ2) is 5.88. The molecule has 0 aliphatic carbocycles. The standard InChI is InChI=1S/C13H20N2O4/c1-8(11(16)15-13(2,3)4)14-7-10-9(12(17)18)5-6-19-10/h5-6,8,14H,7H2,1-4H3,(H,15,16)(H,17,18). The van der Waals surface area contributed by atoms with Crippen LogP contribution in [0.3, 0.4) is 0 Å². The fourth-order valence-electron chi connectivity index (χ4n) is 1.48. The second-order valence-corrected chi connectivity index (χ2v) is 5.40. The lowest BCUT2D eigenvalue weighted by molar-refractivity contribution is -0.124. The lowest BCUT2D eigenvalue weighted by atomic mass is 10.1. The molecule has 0 saturated carbocycles. The maximum atomic E-state index is 11.8. The maximum Gasteiger partial charge on any atom is 0.339 e. The smallest absolute Gasteiger partial charge is 0.339 e. The lowest BCUT2D eigenvalue weighted by Gasteiger charge is -2.23. The monoisotopic (exact) mass is 268 g/mol. The molecule has 6 heteroatoms. The summed E-state index contributed by atoms with van der Waals surface area (Å²) in [5, 5.41) is 14.7. The van der Waals surface area contributed by atoms with Crippen molar-refractivity contribution in [2.75, 3.05) is 0 Å². The van der Waals surface area contributed by atoms with Gasteiger partial charge in [0.15, 0.2) is 0 Å². The first-order chi connectivity index (χ1) is 8.70. The Kier molecular flexibility index (Phi) is 4.72. The van der Waals surface area contributed by atoms with E-state index in [1.54, 1.807) is 6.92 Å². The molecule has 1 heterocycles. The van der Waals surface area contributed by atoms with Gasteiger partial charge in [-0.1, -0.05) is 0 Å². The highest BCUT2D eigenvalue weighted by atomic mass is 16.4. The third-order valence-electron chi connectivity index (χ3n) is 2.44. The average molecular weight is 268 g/mol. The summed E-state index contributed by atoms with van der Waals surface area (Å²) in [4.78, 5) is 22.7. The zero-order valence-corrected chi connectivity index (χ0v) is 11.6. The van der Waals surface area contributed by atoms with Crippen molar-refractivity contribution in [2.24, 2.45) is 0 Å². The molecule has 0 aromatic carbocycles. The molecule has 0 spiro atoms. The largest absolute Gasteiger partial charge is 0.478 e. The number of hydrogen-bond acceptors (Lipinski definition) is 4. The van der Waals surface area contributed by atoms with E-state index in [4.69, 9.17) is 9.52 Å². The van der Waals surface area contributed by atoms with Crippen molar-refractivity contribution in [3.05, 3.63) is 23.7 Å². The molecular formula is C13H20N2O4. The van der Waals surface area contributed by atoms with Crippen LogP contribution in [0.5, 0.6) is 0 Å². The second-order valence-electron chi connectivity index (χ2n) is 5.40. The van der Waals surface area contributed by atoms with E-state index in [2.05, 4.69) is 10.6 Å². The van der Waals surface area contributed by atoms with Gasteiger partial charge in [-0.2, -0.15) is 0 Å². The first-order valence-electron chi connectivity index (χ1n) is 6.06. The molecule has 6 nitrogen and oxygen atoms in total. The van der Waals surface area contributed by atoms with Crippen LogP contribution in [0, 0.1) is 0 Å². The summed E-state index contributed by atoms with van der Waals surface area (Å²) >= 11 is 0. The highest BCUT2D eigenvalue weighted by molar-refractivity contribution is 5.88. The molecule has 1 unspecified atom stereocenters. The number of hydrogen-bond donors (Lipinski definition) is 3. The number of furan rings is 1. The van der Waals surface area contributed by atoms with Crippen molar-refractivity contribution in [3.8, 4) is 0 Å². The van der Waals surface area contributed by atoms with Crippen molar-refractivity contribution in [3.63, 3.8) is 0 Å². The van der Waals surface area contributed by atoms with E-state index in [0.29, 0.717) is 5.76 Å². The summed E-state index contributed by atoms with van der Waals surface area (Å²) < 4.78 is 5.08. The Morgan fingerprint density at radius 2 is 2.05 bits per heavy atom. The van der Waals surface area contributed by atoms with Gasteiger partial charge in [-0.05, 0) is 33.8 Å². The third-order valence-corrected chi connectivity index (χ3v) is 2.44. The minimum Gasteiger partial charge on any atom is -0.478 e. The molecule has 106 valence electrons. The van der Waals surface area contributed by atoms with Crippen LogP contribution in [0.2, 0.25) is 0 Å². The van der Waals surface area contributed by atoms with Crippen molar-refractivity contribution in [2.45, 2.75) is 45.8 Å². The zero-order valence-electron chi connectivity index (χ0n) is 11.6. The summed E-state index contributed by atoms with van der Waals surface area (Å²) in [7, 11) is 0. The van der Waals surface area contributed by atoms with Crippen LogP contribution in [0.25, 0.3) is 0 Å². The molecule has 1 atom stereocenters. The van der Waals surface area contributed by atoms with E-state index in [-0.39, 0.29) is 23.6 Å². The van der Waals surface area contributed by atoms with E-state index in [1.807, 2.05) is 20.8 Å². The predicted molar refractivity (Wildman–Crippen MR) is 69.9 cm³/mol. The number of amides is 1. The Bertz CT molecular complexity index is 459. The van der Waals surface area contributed by atoms with Crippen LogP contribution in [0.1, 0.15) is 43.8 Å². The summed E-state index contributed by atoms with van der Waals surface area (Å²) in [5.41, 5.74) is -0.194. The van der Waals surface area contributed by atoms with Crippen molar-refractivity contribution < 1.29 is 19.1 Å². The molecule has 3 N–H and O–H groups in total. The molecule has 0 saturated heterocycles. The average Bonchev–Trinajstić information content (AvgIpc) is 2.71. The molecule has 1 amide bonds. The minimum absolute atomic E-state index is 0.107. The van der Waals surface area contributed by atoms with Gasteiger partial charge >= 0.3 is 5.97 Å². The molecule has 0 fully saturated rings. The maximum absolute atomic E-state index is 11.8. The van der Waals surface area contributed by atoms with Gasteiger partial charge in [0.2, 0.25) is 5.91 Å². The fourth-order valence-corrected chi connectivity index (χ4v) is 1.48. The number of rotatable bonds is 5. The van der Waals surface area contributed by atoms with E-state index in [1.165, 1.54) is 12.3 Å². The van der Waals surface area contributed by atoms with Gasteiger partial charge in [-0.15, -0.1) is 0 Å². The van der Waals surface area contributed by atoms with Gasteiger partial charge in [0.1, 0.15) is 11.3 Å². The Morgan fingerprint density at radius 3 is 2.58 bits per heavy atom.